The third-order valence-corrected chi connectivity index (χ3v) is 5.44. The van der Waals surface area contributed by atoms with Gasteiger partial charge in [0, 0.05) is 17.0 Å². The molecule has 1 N–H and O–H groups in total. The van der Waals surface area contributed by atoms with Crippen molar-refractivity contribution in [1.29, 1.82) is 0 Å². The zero-order chi connectivity index (χ0) is 21.3. The number of para-hydroxylation sites is 1. The first-order chi connectivity index (χ1) is 14.3. The Hall–Kier alpha value is -3.10. The number of hydrazone groups is 1. The van der Waals surface area contributed by atoms with Gasteiger partial charge in [-0.3, -0.25) is 9.52 Å². The van der Waals surface area contributed by atoms with E-state index in [1.807, 2.05) is 12.1 Å². The zero-order valence-electron chi connectivity index (χ0n) is 15.9. The van der Waals surface area contributed by atoms with Gasteiger partial charge in [0.25, 0.3) is 0 Å². The van der Waals surface area contributed by atoms with Gasteiger partial charge in [0.2, 0.25) is 10.0 Å². The molecule has 30 heavy (non-hydrogen) atoms. The highest BCUT2D eigenvalue weighted by Crippen LogP contribution is 2.36. The second kappa shape index (κ2) is 7.97. The molecule has 0 aliphatic carbocycles. The van der Waals surface area contributed by atoms with Crippen LogP contribution in [0.1, 0.15) is 34.1 Å². The van der Waals surface area contributed by atoms with Crippen LogP contribution in [0.25, 0.3) is 0 Å². The normalized spacial score (nSPS) is 16.4. The number of carbonyl (C=O) groups is 1. The van der Waals surface area contributed by atoms with Gasteiger partial charge in [0.05, 0.1) is 30.0 Å². The predicted molar refractivity (Wildman–Crippen MR) is 115 cm³/mol. The highest BCUT2D eigenvalue weighted by molar-refractivity contribution is 7.92. The summed E-state index contributed by atoms with van der Waals surface area (Å²) in [4.78, 5) is 13.0. The highest BCUT2D eigenvalue weighted by Gasteiger charge is 2.35. The first-order valence-corrected chi connectivity index (χ1v) is 11.4. The Morgan fingerprint density at radius 2 is 1.97 bits per heavy atom. The third-order valence-electron chi connectivity index (χ3n) is 4.62. The summed E-state index contributed by atoms with van der Waals surface area (Å²) in [5.74, 6) is -0.233. The van der Waals surface area contributed by atoms with Crippen LogP contribution in [0.2, 0.25) is 5.02 Å². The van der Waals surface area contributed by atoms with Gasteiger partial charge in [-0.15, -0.1) is 0 Å². The molecule has 3 aromatic rings. The van der Waals surface area contributed by atoms with Crippen molar-refractivity contribution in [2.45, 2.75) is 12.5 Å². The Bertz CT molecular complexity index is 1220. The van der Waals surface area contributed by atoms with Crippen molar-refractivity contribution in [3.63, 3.8) is 0 Å². The van der Waals surface area contributed by atoms with Crippen molar-refractivity contribution in [3.8, 4) is 0 Å². The Labute approximate surface area is 179 Å². The molecule has 0 saturated heterocycles. The third kappa shape index (κ3) is 4.24. The Morgan fingerprint density at radius 1 is 1.17 bits per heavy atom. The lowest BCUT2D eigenvalue weighted by atomic mass is 9.97. The van der Waals surface area contributed by atoms with Crippen molar-refractivity contribution in [2.24, 2.45) is 5.10 Å². The van der Waals surface area contributed by atoms with E-state index in [1.165, 1.54) is 11.3 Å². The van der Waals surface area contributed by atoms with E-state index in [1.54, 1.807) is 48.5 Å². The Balaban J connectivity index is 1.77. The Morgan fingerprint density at radius 3 is 2.67 bits per heavy atom. The van der Waals surface area contributed by atoms with Crippen LogP contribution < -0.4 is 4.72 Å². The molecule has 0 bridgehead atoms. The summed E-state index contributed by atoms with van der Waals surface area (Å²) in [5.41, 5.74) is 2.39. The first-order valence-electron chi connectivity index (χ1n) is 9.09. The van der Waals surface area contributed by atoms with Crippen LogP contribution in [0.15, 0.2) is 76.4 Å². The molecule has 1 aliphatic rings. The summed E-state index contributed by atoms with van der Waals surface area (Å²) in [7, 11) is -3.48. The number of sulfonamides is 1. The average Bonchev–Trinajstić information content (AvgIpc) is 3.37. The first kappa shape index (κ1) is 20.2. The molecular formula is C21H18ClN3O4S. The smallest absolute Gasteiger partial charge is 0.310 e. The van der Waals surface area contributed by atoms with Crippen LogP contribution in [0.5, 0.6) is 0 Å². The topological polar surface area (TPSA) is 92.0 Å². The quantitative estimate of drug-likeness (QED) is 0.636. The average molecular weight is 444 g/mol. The predicted octanol–water partition coefficient (Wildman–Crippen LogP) is 4.30. The number of amides is 1. The number of nitrogens with zero attached hydrogens (tertiary/aromatic N) is 2. The van der Waals surface area contributed by atoms with E-state index in [0.717, 1.165) is 11.8 Å². The number of halogens is 1. The maximum Gasteiger partial charge on any atom is 0.310 e. The number of carbonyl (C=O) groups excluding carboxylic acids is 1. The summed E-state index contributed by atoms with van der Waals surface area (Å²) in [6.45, 7) is 0. The summed E-state index contributed by atoms with van der Waals surface area (Å²) < 4.78 is 31.3. The molecular weight excluding hydrogens is 426 g/mol. The van der Waals surface area contributed by atoms with Gasteiger partial charge in [0.1, 0.15) is 0 Å². The maximum atomic E-state index is 13.0. The van der Waals surface area contributed by atoms with Crippen LogP contribution in [-0.4, -0.2) is 31.3 Å². The van der Waals surface area contributed by atoms with Crippen molar-refractivity contribution in [1.82, 2.24) is 5.01 Å². The number of anilines is 1. The molecule has 154 valence electrons. The SMILES string of the molecule is CS(=O)(=O)Nc1ccccc1C1=NN(C(=O)c2ccco2)C(c2cccc(Cl)c2)C1. The van der Waals surface area contributed by atoms with Gasteiger partial charge in [-0.25, -0.2) is 13.4 Å². The molecule has 7 nitrogen and oxygen atoms in total. The number of nitrogens with one attached hydrogen (secondary N) is 1. The minimum atomic E-state index is -3.48. The van der Waals surface area contributed by atoms with Gasteiger partial charge < -0.3 is 4.42 Å². The highest BCUT2D eigenvalue weighted by atomic mass is 35.5. The van der Waals surface area contributed by atoms with Crippen LogP contribution in [0, 0.1) is 0 Å². The van der Waals surface area contributed by atoms with Gasteiger partial charge in [0.15, 0.2) is 5.76 Å². The monoisotopic (exact) mass is 443 g/mol. The Kier molecular flexibility index (Phi) is 5.36. The molecule has 1 unspecified atom stereocenters. The van der Waals surface area contributed by atoms with Crippen molar-refractivity contribution in [2.75, 3.05) is 11.0 Å². The second-order valence-corrected chi connectivity index (χ2v) is 9.05. The molecule has 1 atom stereocenters. The van der Waals surface area contributed by atoms with E-state index in [0.29, 0.717) is 28.4 Å². The molecule has 0 radical (unpaired) electrons. The standard InChI is InChI=1S/C21H18ClN3O4S/c1-30(27,28)24-17-9-3-2-8-16(17)18-13-19(14-6-4-7-15(22)12-14)25(23-18)21(26)20-10-5-11-29-20/h2-12,19,24H,13H2,1H3. The van der Waals surface area contributed by atoms with Crippen molar-refractivity contribution >= 4 is 38.9 Å². The minimum Gasteiger partial charge on any atom is -0.459 e. The van der Waals surface area contributed by atoms with Crippen LogP contribution in [0.3, 0.4) is 0 Å². The van der Waals surface area contributed by atoms with Gasteiger partial charge in [-0.1, -0.05) is 41.9 Å². The van der Waals surface area contributed by atoms with E-state index in [-0.39, 0.29) is 5.76 Å². The fourth-order valence-corrected chi connectivity index (χ4v) is 4.15. The number of hydrogen-bond donors (Lipinski definition) is 1. The summed E-state index contributed by atoms with van der Waals surface area (Å²) in [6, 6.07) is 17.0. The van der Waals surface area contributed by atoms with Gasteiger partial charge in [-0.2, -0.15) is 5.10 Å². The van der Waals surface area contributed by atoms with E-state index in [4.69, 9.17) is 16.0 Å². The summed E-state index contributed by atoms with van der Waals surface area (Å²) in [5, 5.41) is 6.46. The fraction of sp³-hybridized carbons (Fsp3) is 0.143. The van der Waals surface area contributed by atoms with E-state index in [9.17, 15) is 13.2 Å². The number of benzene rings is 2. The fourth-order valence-electron chi connectivity index (χ4n) is 3.37. The molecule has 9 heteroatoms. The zero-order valence-corrected chi connectivity index (χ0v) is 17.5. The maximum absolute atomic E-state index is 13.0. The number of furan rings is 1. The van der Waals surface area contributed by atoms with Gasteiger partial charge >= 0.3 is 5.91 Å². The second-order valence-electron chi connectivity index (χ2n) is 6.87. The molecule has 1 aliphatic heterocycles. The summed E-state index contributed by atoms with van der Waals surface area (Å²) >= 11 is 6.17. The summed E-state index contributed by atoms with van der Waals surface area (Å²) in [6.07, 6.45) is 2.89. The lowest BCUT2D eigenvalue weighted by molar-refractivity contribution is 0.0678. The molecule has 1 aromatic heterocycles. The molecule has 4 rings (SSSR count). The van der Waals surface area contributed by atoms with Crippen molar-refractivity contribution in [3.05, 3.63) is 88.8 Å². The molecule has 2 aromatic carbocycles. The van der Waals surface area contributed by atoms with E-state index < -0.39 is 22.0 Å². The van der Waals surface area contributed by atoms with Crippen LogP contribution >= 0.6 is 11.6 Å². The lowest BCUT2D eigenvalue weighted by Crippen LogP contribution is -2.26. The number of rotatable bonds is 5. The van der Waals surface area contributed by atoms with Crippen molar-refractivity contribution < 1.29 is 17.6 Å². The largest absolute Gasteiger partial charge is 0.459 e. The van der Waals surface area contributed by atoms with Crippen LogP contribution in [-0.2, 0) is 10.0 Å². The molecule has 1 amide bonds. The number of hydrogen-bond acceptors (Lipinski definition) is 5. The van der Waals surface area contributed by atoms with E-state index >= 15 is 0 Å². The molecule has 2 heterocycles. The van der Waals surface area contributed by atoms with Gasteiger partial charge in [-0.05, 0) is 35.9 Å². The minimum absolute atomic E-state index is 0.162. The molecule has 0 fully saturated rings. The molecule has 0 spiro atoms. The van der Waals surface area contributed by atoms with E-state index in [2.05, 4.69) is 9.82 Å². The lowest BCUT2D eigenvalue weighted by Gasteiger charge is -2.21. The molecule has 0 saturated carbocycles. The van der Waals surface area contributed by atoms with Crippen LogP contribution in [0.4, 0.5) is 5.69 Å².